The van der Waals surface area contributed by atoms with Crippen molar-refractivity contribution < 1.29 is 14.6 Å². The highest BCUT2D eigenvalue weighted by Gasteiger charge is 2.07. The molecule has 0 saturated carbocycles. The zero-order valence-corrected chi connectivity index (χ0v) is 10.5. The summed E-state index contributed by atoms with van der Waals surface area (Å²) >= 11 is 0. The van der Waals surface area contributed by atoms with Crippen molar-refractivity contribution in [1.82, 2.24) is 4.98 Å². The molecule has 1 N–H and O–H groups in total. The van der Waals surface area contributed by atoms with E-state index in [-0.39, 0.29) is 11.4 Å². The zero-order valence-electron chi connectivity index (χ0n) is 10.5. The quantitative estimate of drug-likeness (QED) is 0.784. The smallest absolute Gasteiger partial charge is 0.335 e. The van der Waals surface area contributed by atoms with E-state index in [1.165, 1.54) is 18.3 Å². The number of benzene rings is 2. The van der Waals surface area contributed by atoms with Crippen LogP contribution in [0.15, 0.2) is 60.8 Å². The summed E-state index contributed by atoms with van der Waals surface area (Å²) in [6.45, 7) is 0. The fourth-order valence-electron chi connectivity index (χ4n) is 2.00. The van der Waals surface area contributed by atoms with E-state index in [1.54, 1.807) is 0 Å². The summed E-state index contributed by atoms with van der Waals surface area (Å²) in [5.41, 5.74) is 0.148. The molecule has 0 atom stereocenters. The molecule has 4 heteroatoms. The SMILES string of the molecule is O=C(O)c1ccnc(Oc2cccc3ccccc23)c1. The van der Waals surface area contributed by atoms with Crippen LogP contribution in [0.25, 0.3) is 10.8 Å². The molecule has 0 aliphatic heterocycles. The lowest BCUT2D eigenvalue weighted by atomic mass is 10.1. The van der Waals surface area contributed by atoms with Crippen LogP contribution in [0.5, 0.6) is 11.6 Å². The van der Waals surface area contributed by atoms with Gasteiger partial charge in [0.1, 0.15) is 5.75 Å². The van der Waals surface area contributed by atoms with E-state index < -0.39 is 5.97 Å². The third kappa shape index (κ3) is 2.31. The minimum Gasteiger partial charge on any atom is -0.478 e. The summed E-state index contributed by atoms with van der Waals surface area (Å²) in [5, 5.41) is 11.0. The predicted molar refractivity (Wildman–Crippen MR) is 75.2 cm³/mol. The molecule has 4 nitrogen and oxygen atoms in total. The summed E-state index contributed by atoms with van der Waals surface area (Å²) in [4.78, 5) is 15.0. The third-order valence-corrected chi connectivity index (χ3v) is 2.95. The lowest BCUT2D eigenvalue weighted by molar-refractivity contribution is 0.0696. The van der Waals surface area contributed by atoms with E-state index in [0.29, 0.717) is 5.75 Å². The molecule has 2 aromatic carbocycles. The number of nitrogens with zero attached hydrogens (tertiary/aromatic N) is 1. The molecule has 3 rings (SSSR count). The molecular formula is C16H11NO3. The largest absolute Gasteiger partial charge is 0.478 e. The van der Waals surface area contributed by atoms with Crippen molar-refractivity contribution in [2.24, 2.45) is 0 Å². The third-order valence-electron chi connectivity index (χ3n) is 2.95. The number of carboxylic acid groups (broad SMARTS) is 1. The fourth-order valence-corrected chi connectivity index (χ4v) is 2.00. The Kier molecular flexibility index (Phi) is 3.05. The van der Waals surface area contributed by atoms with Gasteiger partial charge in [0.2, 0.25) is 5.88 Å². The second kappa shape index (κ2) is 5.01. The molecule has 20 heavy (non-hydrogen) atoms. The van der Waals surface area contributed by atoms with Gasteiger partial charge < -0.3 is 9.84 Å². The molecule has 0 bridgehead atoms. The zero-order chi connectivity index (χ0) is 13.9. The average Bonchev–Trinajstić information content (AvgIpc) is 2.48. The van der Waals surface area contributed by atoms with Gasteiger partial charge in [-0.1, -0.05) is 36.4 Å². The van der Waals surface area contributed by atoms with Crippen LogP contribution in [0.4, 0.5) is 0 Å². The Hall–Kier alpha value is -2.88. The van der Waals surface area contributed by atoms with Gasteiger partial charge in [-0.3, -0.25) is 0 Å². The maximum absolute atomic E-state index is 10.9. The Morgan fingerprint density at radius 1 is 1.05 bits per heavy atom. The Balaban J connectivity index is 2.01. The summed E-state index contributed by atoms with van der Waals surface area (Å²) in [6.07, 6.45) is 1.42. The van der Waals surface area contributed by atoms with Gasteiger partial charge in [-0.2, -0.15) is 0 Å². The lowest BCUT2D eigenvalue weighted by Gasteiger charge is -2.08. The Labute approximate surface area is 115 Å². The van der Waals surface area contributed by atoms with Gasteiger partial charge in [0.05, 0.1) is 5.56 Å². The standard InChI is InChI=1S/C16H11NO3/c18-16(19)12-8-9-17-15(10-12)20-14-7-3-5-11-4-1-2-6-13(11)14/h1-10H,(H,18,19). The number of ether oxygens (including phenoxy) is 1. The first-order valence-electron chi connectivity index (χ1n) is 6.09. The minimum atomic E-state index is -1.00. The van der Waals surface area contributed by atoms with E-state index in [9.17, 15) is 4.79 Å². The first kappa shape index (κ1) is 12.2. The van der Waals surface area contributed by atoms with Gasteiger partial charge in [0.15, 0.2) is 0 Å². The highest BCUT2D eigenvalue weighted by atomic mass is 16.5. The van der Waals surface area contributed by atoms with Gasteiger partial charge in [-0.15, -0.1) is 0 Å². The van der Waals surface area contributed by atoms with Crippen LogP contribution in [0.2, 0.25) is 0 Å². The topological polar surface area (TPSA) is 59.4 Å². The van der Waals surface area contributed by atoms with Crippen LogP contribution in [-0.2, 0) is 0 Å². The van der Waals surface area contributed by atoms with Crippen LogP contribution in [-0.4, -0.2) is 16.1 Å². The van der Waals surface area contributed by atoms with Crippen LogP contribution >= 0.6 is 0 Å². The second-order valence-corrected chi connectivity index (χ2v) is 4.27. The second-order valence-electron chi connectivity index (χ2n) is 4.27. The van der Waals surface area contributed by atoms with Gasteiger partial charge in [0, 0.05) is 17.6 Å². The highest BCUT2D eigenvalue weighted by Crippen LogP contribution is 2.28. The molecule has 0 spiro atoms. The van der Waals surface area contributed by atoms with E-state index in [1.807, 2.05) is 42.5 Å². The molecule has 0 radical (unpaired) electrons. The first-order chi connectivity index (χ1) is 9.74. The number of fused-ring (bicyclic) bond motifs is 1. The van der Waals surface area contributed by atoms with Crippen LogP contribution in [0, 0.1) is 0 Å². The molecule has 98 valence electrons. The van der Waals surface area contributed by atoms with Crippen molar-refractivity contribution in [3.8, 4) is 11.6 Å². The van der Waals surface area contributed by atoms with Crippen molar-refractivity contribution in [3.63, 3.8) is 0 Å². The summed E-state index contributed by atoms with van der Waals surface area (Å²) < 4.78 is 5.71. The summed E-state index contributed by atoms with van der Waals surface area (Å²) in [5.74, 6) is -0.0884. The van der Waals surface area contributed by atoms with Crippen LogP contribution in [0.3, 0.4) is 0 Å². The summed E-state index contributed by atoms with van der Waals surface area (Å²) in [6, 6.07) is 16.4. The maximum atomic E-state index is 10.9. The Bertz CT molecular complexity index is 778. The molecule has 0 aliphatic rings. The van der Waals surface area contributed by atoms with Crippen molar-refractivity contribution in [2.75, 3.05) is 0 Å². The van der Waals surface area contributed by atoms with Crippen molar-refractivity contribution in [1.29, 1.82) is 0 Å². The summed E-state index contributed by atoms with van der Waals surface area (Å²) in [7, 11) is 0. The number of aromatic nitrogens is 1. The van der Waals surface area contributed by atoms with E-state index >= 15 is 0 Å². The molecule has 1 aromatic heterocycles. The van der Waals surface area contributed by atoms with Gasteiger partial charge in [-0.25, -0.2) is 9.78 Å². The molecule has 1 heterocycles. The van der Waals surface area contributed by atoms with Crippen molar-refractivity contribution in [2.45, 2.75) is 0 Å². The van der Waals surface area contributed by atoms with Gasteiger partial charge in [0.25, 0.3) is 0 Å². The molecule has 3 aromatic rings. The number of carbonyl (C=O) groups is 1. The maximum Gasteiger partial charge on any atom is 0.335 e. The molecular weight excluding hydrogens is 254 g/mol. The van der Waals surface area contributed by atoms with Gasteiger partial charge >= 0.3 is 5.97 Å². The number of pyridine rings is 1. The molecule has 0 saturated heterocycles. The Morgan fingerprint density at radius 2 is 1.85 bits per heavy atom. The normalized spacial score (nSPS) is 10.4. The van der Waals surface area contributed by atoms with Crippen LogP contribution < -0.4 is 4.74 Å². The fraction of sp³-hybridized carbons (Fsp3) is 0. The Morgan fingerprint density at radius 3 is 2.70 bits per heavy atom. The lowest BCUT2D eigenvalue weighted by Crippen LogP contribution is -1.97. The van der Waals surface area contributed by atoms with E-state index in [2.05, 4.69) is 4.98 Å². The van der Waals surface area contributed by atoms with E-state index in [0.717, 1.165) is 10.8 Å². The predicted octanol–water partition coefficient (Wildman–Crippen LogP) is 3.73. The number of rotatable bonds is 3. The molecule has 0 amide bonds. The number of hydrogen-bond acceptors (Lipinski definition) is 3. The first-order valence-corrected chi connectivity index (χ1v) is 6.09. The molecule has 0 unspecified atom stereocenters. The number of hydrogen-bond donors (Lipinski definition) is 1. The van der Waals surface area contributed by atoms with Crippen LogP contribution in [0.1, 0.15) is 10.4 Å². The number of aromatic carboxylic acids is 1. The molecule has 0 fully saturated rings. The molecule has 0 aliphatic carbocycles. The van der Waals surface area contributed by atoms with E-state index in [4.69, 9.17) is 9.84 Å². The average molecular weight is 265 g/mol. The monoisotopic (exact) mass is 265 g/mol. The highest BCUT2D eigenvalue weighted by molar-refractivity contribution is 5.89. The van der Waals surface area contributed by atoms with Crippen molar-refractivity contribution in [3.05, 3.63) is 66.4 Å². The minimum absolute atomic E-state index is 0.148. The van der Waals surface area contributed by atoms with Gasteiger partial charge in [-0.05, 0) is 17.5 Å². The van der Waals surface area contributed by atoms with Crippen molar-refractivity contribution >= 4 is 16.7 Å². The number of carboxylic acids is 1.